The van der Waals surface area contributed by atoms with Crippen LogP contribution in [0.5, 0.6) is 0 Å². The third-order valence-electron chi connectivity index (χ3n) is 6.57. The Morgan fingerprint density at radius 1 is 1.06 bits per heavy atom. The summed E-state index contributed by atoms with van der Waals surface area (Å²) in [7, 11) is -3.72. The Morgan fingerprint density at radius 2 is 1.71 bits per heavy atom. The van der Waals surface area contributed by atoms with Crippen molar-refractivity contribution in [2.75, 3.05) is 44.2 Å². The minimum absolute atomic E-state index is 0.00459. The summed E-state index contributed by atoms with van der Waals surface area (Å²) in [5, 5.41) is 0.685. The minimum atomic E-state index is -3.72. The van der Waals surface area contributed by atoms with Crippen molar-refractivity contribution in [3.8, 4) is 0 Å². The molecule has 0 radical (unpaired) electrons. The number of sulfonamides is 1. The average Bonchev–Trinajstić information content (AvgIpc) is 3.30. The van der Waals surface area contributed by atoms with Crippen LogP contribution < -0.4 is 4.90 Å². The number of piperidine rings is 1. The number of halogens is 1. The molecule has 0 bridgehead atoms. The molecule has 0 spiro atoms. The molecular formula is C25H31FN4O3S2. The number of aromatic nitrogens is 1. The van der Waals surface area contributed by atoms with Crippen molar-refractivity contribution >= 4 is 42.6 Å². The number of hydrogen-bond donors (Lipinski definition) is 0. The first kappa shape index (κ1) is 25.7. The summed E-state index contributed by atoms with van der Waals surface area (Å²) in [6, 6.07) is 12.7. The van der Waals surface area contributed by atoms with Gasteiger partial charge in [0.15, 0.2) is 5.13 Å². The highest BCUT2D eigenvalue weighted by atomic mass is 32.2. The zero-order chi connectivity index (χ0) is 25.0. The average molecular weight is 519 g/mol. The fraction of sp³-hybridized carbons (Fsp3) is 0.440. The van der Waals surface area contributed by atoms with Gasteiger partial charge in [-0.05, 0) is 62.3 Å². The third kappa shape index (κ3) is 5.72. The Bertz CT molecular complexity index is 1220. The quantitative estimate of drug-likeness (QED) is 0.424. The first-order valence-electron chi connectivity index (χ1n) is 12.0. The van der Waals surface area contributed by atoms with Crippen molar-refractivity contribution in [2.24, 2.45) is 5.92 Å². The molecule has 1 aliphatic heterocycles. The second kappa shape index (κ2) is 11.1. The van der Waals surface area contributed by atoms with E-state index in [2.05, 4.69) is 18.7 Å². The van der Waals surface area contributed by atoms with Crippen molar-refractivity contribution in [2.45, 2.75) is 31.6 Å². The molecule has 3 aromatic rings. The summed E-state index contributed by atoms with van der Waals surface area (Å²) >= 11 is 1.51. The van der Waals surface area contributed by atoms with Crippen LogP contribution in [0.25, 0.3) is 10.2 Å². The van der Waals surface area contributed by atoms with Gasteiger partial charge in [-0.2, -0.15) is 4.31 Å². The lowest BCUT2D eigenvalue weighted by Crippen LogP contribution is -2.46. The van der Waals surface area contributed by atoms with Crippen LogP contribution in [-0.2, 0) is 14.8 Å². The van der Waals surface area contributed by atoms with Crippen LogP contribution in [0.1, 0.15) is 26.7 Å². The Hall–Kier alpha value is -2.40. The van der Waals surface area contributed by atoms with Crippen LogP contribution in [0.2, 0.25) is 0 Å². The Kier molecular flexibility index (Phi) is 8.16. The molecule has 7 nitrogen and oxygen atoms in total. The van der Waals surface area contributed by atoms with Gasteiger partial charge in [0.2, 0.25) is 15.9 Å². The molecule has 1 amide bonds. The molecule has 188 valence electrons. The topological polar surface area (TPSA) is 73.8 Å². The molecule has 0 N–H and O–H groups in total. The molecule has 0 saturated carbocycles. The summed E-state index contributed by atoms with van der Waals surface area (Å²) < 4.78 is 41.6. The number of carbonyl (C=O) groups excluding carboxylic acids is 1. The molecule has 0 atom stereocenters. The number of thiazole rings is 1. The molecule has 2 heterocycles. The van der Waals surface area contributed by atoms with Crippen molar-refractivity contribution in [3.05, 3.63) is 54.3 Å². The van der Waals surface area contributed by atoms with E-state index in [0.29, 0.717) is 24.5 Å². The van der Waals surface area contributed by atoms with Gasteiger partial charge in [0.05, 0.1) is 15.1 Å². The molecule has 1 aromatic heterocycles. The SMILES string of the molecule is CCN(CC)CCN(C(=O)C1CCN(S(=O)(=O)c2ccc(F)cc2)CC1)c1nc2ccccc2s1. The van der Waals surface area contributed by atoms with Gasteiger partial charge in [-0.25, -0.2) is 17.8 Å². The maximum Gasteiger partial charge on any atom is 0.243 e. The summed E-state index contributed by atoms with van der Waals surface area (Å²) in [4.78, 5) is 22.5. The molecular weight excluding hydrogens is 487 g/mol. The summed E-state index contributed by atoms with van der Waals surface area (Å²) in [5.41, 5.74) is 0.869. The number of anilines is 1. The number of likely N-dealkylation sites (N-methyl/N-ethyl adjacent to an activating group) is 1. The van der Waals surface area contributed by atoms with Crippen LogP contribution >= 0.6 is 11.3 Å². The lowest BCUT2D eigenvalue weighted by atomic mass is 9.96. The highest BCUT2D eigenvalue weighted by molar-refractivity contribution is 7.89. The monoisotopic (exact) mass is 518 g/mol. The highest BCUT2D eigenvalue weighted by Crippen LogP contribution is 2.32. The van der Waals surface area contributed by atoms with Gasteiger partial charge in [0, 0.05) is 32.1 Å². The minimum Gasteiger partial charge on any atom is -0.302 e. The largest absolute Gasteiger partial charge is 0.302 e. The molecule has 0 unspecified atom stereocenters. The summed E-state index contributed by atoms with van der Waals surface area (Å²) in [6.07, 6.45) is 0.873. The predicted molar refractivity (Wildman–Crippen MR) is 138 cm³/mol. The highest BCUT2D eigenvalue weighted by Gasteiger charge is 2.35. The maximum atomic E-state index is 13.7. The van der Waals surface area contributed by atoms with E-state index in [1.165, 1.54) is 27.8 Å². The van der Waals surface area contributed by atoms with Gasteiger partial charge in [-0.1, -0.05) is 37.3 Å². The second-order valence-corrected chi connectivity index (χ2v) is 11.6. The number of benzene rings is 2. The van der Waals surface area contributed by atoms with E-state index >= 15 is 0 Å². The molecule has 1 aliphatic rings. The van der Waals surface area contributed by atoms with Gasteiger partial charge in [0.1, 0.15) is 5.82 Å². The summed E-state index contributed by atoms with van der Waals surface area (Å²) in [6.45, 7) is 7.78. The van der Waals surface area contributed by atoms with Crippen LogP contribution in [0, 0.1) is 11.7 Å². The lowest BCUT2D eigenvalue weighted by molar-refractivity contribution is -0.123. The lowest BCUT2D eigenvalue weighted by Gasteiger charge is -2.33. The number of nitrogens with zero attached hydrogens (tertiary/aromatic N) is 4. The molecule has 4 rings (SSSR count). The number of rotatable bonds is 9. The van der Waals surface area contributed by atoms with Gasteiger partial charge in [-0.3, -0.25) is 9.69 Å². The van der Waals surface area contributed by atoms with Crippen LogP contribution in [-0.4, -0.2) is 67.8 Å². The fourth-order valence-electron chi connectivity index (χ4n) is 4.38. The van der Waals surface area contributed by atoms with Gasteiger partial charge in [-0.15, -0.1) is 0 Å². The van der Waals surface area contributed by atoms with E-state index in [9.17, 15) is 17.6 Å². The first-order chi connectivity index (χ1) is 16.8. The molecule has 1 saturated heterocycles. The molecule has 2 aromatic carbocycles. The zero-order valence-corrected chi connectivity index (χ0v) is 21.7. The van der Waals surface area contributed by atoms with Crippen LogP contribution in [0.3, 0.4) is 0 Å². The van der Waals surface area contributed by atoms with Crippen molar-refractivity contribution in [3.63, 3.8) is 0 Å². The molecule has 0 aliphatic carbocycles. The van der Waals surface area contributed by atoms with E-state index < -0.39 is 15.8 Å². The molecule has 35 heavy (non-hydrogen) atoms. The van der Waals surface area contributed by atoms with Crippen molar-refractivity contribution in [1.29, 1.82) is 0 Å². The van der Waals surface area contributed by atoms with Crippen LogP contribution in [0.15, 0.2) is 53.4 Å². The third-order valence-corrected chi connectivity index (χ3v) is 9.54. The van der Waals surface area contributed by atoms with Gasteiger partial charge >= 0.3 is 0 Å². The molecule has 10 heteroatoms. The van der Waals surface area contributed by atoms with Crippen LogP contribution in [0.4, 0.5) is 9.52 Å². The fourth-order valence-corrected chi connectivity index (χ4v) is 6.84. The molecule has 1 fully saturated rings. The Morgan fingerprint density at radius 3 is 2.34 bits per heavy atom. The first-order valence-corrected chi connectivity index (χ1v) is 14.2. The van der Waals surface area contributed by atoms with Gasteiger partial charge in [0.25, 0.3) is 0 Å². The van der Waals surface area contributed by atoms with Crippen molar-refractivity contribution in [1.82, 2.24) is 14.2 Å². The Labute approximate surface area is 210 Å². The number of fused-ring (bicyclic) bond motifs is 1. The smallest absolute Gasteiger partial charge is 0.243 e. The maximum absolute atomic E-state index is 13.7. The number of carbonyl (C=O) groups is 1. The van der Waals surface area contributed by atoms with E-state index in [0.717, 1.165) is 42.0 Å². The van der Waals surface area contributed by atoms with E-state index in [1.54, 1.807) is 4.90 Å². The number of hydrogen-bond acceptors (Lipinski definition) is 6. The van der Waals surface area contributed by atoms with E-state index in [4.69, 9.17) is 4.98 Å². The van der Waals surface area contributed by atoms with E-state index in [-0.39, 0.29) is 29.8 Å². The second-order valence-electron chi connectivity index (χ2n) is 8.61. The number of para-hydroxylation sites is 1. The Balaban J connectivity index is 1.49. The van der Waals surface area contributed by atoms with Crippen molar-refractivity contribution < 1.29 is 17.6 Å². The standard InChI is InChI=1S/C25H31FN4O3S2/c1-3-28(4-2)17-18-30(25-27-22-7-5-6-8-23(22)34-25)24(31)19-13-15-29(16-14-19)35(32,33)21-11-9-20(26)10-12-21/h5-12,19H,3-4,13-18H2,1-2H3. The normalized spacial score (nSPS) is 15.7. The van der Waals surface area contributed by atoms with E-state index in [1.807, 2.05) is 24.3 Å². The zero-order valence-electron chi connectivity index (χ0n) is 20.1. The van der Waals surface area contributed by atoms with Gasteiger partial charge < -0.3 is 4.90 Å². The number of amides is 1. The predicted octanol–water partition coefficient (Wildman–Crippen LogP) is 4.21. The summed E-state index contributed by atoms with van der Waals surface area (Å²) in [5.74, 6) is -0.763.